The topological polar surface area (TPSA) is 32.3 Å². The minimum absolute atomic E-state index is 0.261. The van der Waals surface area contributed by atoms with E-state index >= 15 is 0 Å². The number of likely N-dealkylation sites (N-methyl/N-ethyl adjacent to an activating group) is 1. The van der Waals surface area contributed by atoms with Crippen molar-refractivity contribution in [2.75, 3.05) is 47.3 Å². The van der Waals surface area contributed by atoms with E-state index in [1.54, 1.807) is 0 Å². The van der Waals surface area contributed by atoms with E-state index in [1.807, 2.05) is 0 Å². The fraction of sp³-hybridized carbons (Fsp3) is 0.917. The molecule has 2 saturated heterocycles. The molecule has 2 aliphatic rings. The summed E-state index contributed by atoms with van der Waals surface area (Å²) in [7, 11) is 6.58. The number of nitrogens with zero attached hydrogens (tertiary/aromatic N) is 2. The zero-order valence-corrected chi connectivity index (χ0v) is 10.7. The minimum Gasteiger partial charge on any atom is -0.351 e. The van der Waals surface area contributed by atoms with Crippen LogP contribution in [0.4, 0.5) is 0 Å². The van der Waals surface area contributed by atoms with Crippen molar-refractivity contribution in [2.45, 2.75) is 18.9 Å². The summed E-state index contributed by atoms with van der Waals surface area (Å²) in [4.78, 5) is 14.2. The molecule has 4 nitrogen and oxygen atoms in total. The largest absolute Gasteiger partial charge is 0.351 e. The maximum Gasteiger partial charge on any atom is 0.223 e. The summed E-state index contributed by atoms with van der Waals surface area (Å²) in [5.74, 6) is 0.551. The van der Waals surface area contributed by atoms with Crippen LogP contribution in [-0.4, -0.2) is 68.7 Å². The SMILES string of the molecule is CN1CC(NC(=O)C2CC[N+](C)(C)CC2)C1. The highest BCUT2D eigenvalue weighted by Gasteiger charge is 2.33. The molecule has 0 bridgehead atoms. The lowest BCUT2D eigenvalue weighted by molar-refractivity contribution is -0.895. The molecule has 0 spiro atoms. The minimum atomic E-state index is 0.261. The number of quaternary nitrogens is 1. The Morgan fingerprint density at radius 1 is 1.25 bits per heavy atom. The van der Waals surface area contributed by atoms with Gasteiger partial charge in [-0.1, -0.05) is 0 Å². The Bertz CT molecular complexity index is 261. The third kappa shape index (κ3) is 2.74. The van der Waals surface area contributed by atoms with Crippen molar-refractivity contribution in [1.82, 2.24) is 10.2 Å². The Morgan fingerprint density at radius 2 is 1.81 bits per heavy atom. The van der Waals surface area contributed by atoms with Crippen molar-refractivity contribution in [3.63, 3.8) is 0 Å². The zero-order chi connectivity index (χ0) is 11.8. The molecule has 1 N–H and O–H groups in total. The molecule has 92 valence electrons. The van der Waals surface area contributed by atoms with E-state index in [0.717, 1.165) is 43.5 Å². The molecule has 0 radical (unpaired) electrons. The number of nitrogens with one attached hydrogen (secondary N) is 1. The van der Waals surface area contributed by atoms with Crippen LogP contribution in [0.3, 0.4) is 0 Å². The normalized spacial score (nSPS) is 27.4. The second kappa shape index (κ2) is 4.34. The summed E-state index contributed by atoms with van der Waals surface area (Å²) in [6.07, 6.45) is 2.09. The Morgan fingerprint density at radius 3 is 2.31 bits per heavy atom. The van der Waals surface area contributed by atoms with Gasteiger partial charge in [0.15, 0.2) is 0 Å². The van der Waals surface area contributed by atoms with Crippen molar-refractivity contribution in [3.05, 3.63) is 0 Å². The number of piperidine rings is 1. The second-order valence-electron chi connectivity index (χ2n) is 6.08. The first-order valence-electron chi connectivity index (χ1n) is 6.27. The maximum absolute atomic E-state index is 12.0. The molecule has 0 atom stereocenters. The molecule has 0 aliphatic carbocycles. The highest BCUT2D eigenvalue weighted by molar-refractivity contribution is 5.79. The number of rotatable bonds is 2. The summed E-state index contributed by atoms with van der Waals surface area (Å²) < 4.78 is 1.07. The summed E-state index contributed by atoms with van der Waals surface area (Å²) >= 11 is 0. The third-order valence-corrected chi connectivity index (χ3v) is 3.95. The lowest BCUT2D eigenvalue weighted by Gasteiger charge is -2.39. The predicted molar refractivity (Wildman–Crippen MR) is 64.0 cm³/mol. The summed E-state index contributed by atoms with van der Waals surface area (Å²) in [6.45, 7) is 4.28. The molecule has 2 aliphatic heterocycles. The quantitative estimate of drug-likeness (QED) is 0.667. The molecule has 0 aromatic heterocycles. The van der Waals surface area contributed by atoms with Crippen molar-refractivity contribution in [1.29, 1.82) is 0 Å². The summed E-state index contributed by atoms with van der Waals surface area (Å²) in [5.41, 5.74) is 0. The molecule has 0 aromatic rings. The molecule has 0 aromatic carbocycles. The highest BCUT2D eigenvalue weighted by atomic mass is 16.2. The van der Waals surface area contributed by atoms with Crippen molar-refractivity contribution in [2.24, 2.45) is 5.92 Å². The molecule has 2 fully saturated rings. The maximum atomic E-state index is 12.0. The van der Waals surface area contributed by atoms with Crippen LogP contribution in [0.1, 0.15) is 12.8 Å². The molecule has 2 heterocycles. The first-order valence-corrected chi connectivity index (χ1v) is 6.27. The summed E-state index contributed by atoms with van der Waals surface area (Å²) in [5, 5.41) is 3.16. The van der Waals surface area contributed by atoms with Crippen LogP contribution >= 0.6 is 0 Å². The molecule has 16 heavy (non-hydrogen) atoms. The van der Waals surface area contributed by atoms with E-state index in [2.05, 4.69) is 31.4 Å². The predicted octanol–water partition coefficient (Wildman–Crippen LogP) is -0.0970. The van der Waals surface area contributed by atoms with Crippen LogP contribution in [0.2, 0.25) is 0 Å². The number of carbonyl (C=O) groups excluding carboxylic acids is 1. The van der Waals surface area contributed by atoms with E-state index in [0.29, 0.717) is 6.04 Å². The van der Waals surface area contributed by atoms with Gasteiger partial charge in [0, 0.05) is 31.8 Å². The van der Waals surface area contributed by atoms with Gasteiger partial charge in [-0.2, -0.15) is 0 Å². The van der Waals surface area contributed by atoms with Crippen molar-refractivity contribution < 1.29 is 9.28 Å². The third-order valence-electron chi connectivity index (χ3n) is 3.95. The van der Waals surface area contributed by atoms with Gasteiger partial charge in [-0.3, -0.25) is 4.79 Å². The highest BCUT2D eigenvalue weighted by Crippen LogP contribution is 2.20. The fourth-order valence-electron chi connectivity index (χ4n) is 2.64. The van der Waals surface area contributed by atoms with Crippen LogP contribution in [0.5, 0.6) is 0 Å². The Balaban J connectivity index is 1.74. The molecule has 4 heteroatoms. The van der Waals surface area contributed by atoms with Crippen LogP contribution < -0.4 is 5.32 Å². The van der Waals surface area contributed by atoms with Crippen molar-refractivity contribution >= 4 is 5.91 Å². The van der Waals surface area contributed by atoms with E-state index in [9.17, 15) is 4.79 Å². The number of hydrogen-bond donors (Lipinski definition) is 1. The van der Waals surface area contributed by atoms with Crippen molar-refractivity contribution in [3.8, 4) is 0 Å². The van der Waals surface area contributed by atoms with Crippen LogP contribution in [0.25, 0.3) is 0 Å². The van der Waals surface area contributed by atoms with Gasteiger partial charge >= 0.3 is 0 Å². The van der Waals surface area contributed by atoms with Crippen LogP contribution in [0.15, 0.2) is 0 Å². The average molecular weight is 226 g/mol. The Kier molecular flexibility index (Phi) is 3.22. The first-order chi connectivity index (χ1) is 7.46. The second-order valence-corrected chi connectivity index (χ2v) is 6.08. The van der Waals surface area contributed by atoms with E-state index in [1.165, 1.54) is 0 Å². The van der Waals surface area contributed by atoms with Crippen LogP contribution in [0, 0.1) is 5.92 Å². The van der Waals surface area contributed by atoms with Crippen LogP contribution in [-0.2, 0) is 4.79 Å². The number of carbonyl (C=O) groups is 1. The lowest BCUT2D eigenvalue weighted by atomic mass is 9.94. The summed E-state index contributed by atoms with van der Waals surface area (Å²) in [6, 6.07) is 0.405. The number of amides is 1. The van der Waals surface area contributed by atoms with E-state index in [-0.39, 0.29) is 11.8 Å². The molecule has 0 unspecified atom stereocenters. The molecule has 1 amide bonds. The average Bonchev–Trinajstić information content (AvgIpc) is 2.15. The Labute approximate surface area is 98.2 Å². The molecular weight excluding hydrogens is 202 g/mol. The first kappa shape index (κ1) is 11.9. The monoisotopic (exact) mass is 226 g/mol. The molecule has 0 saturated carbocycles. The van der Waals surface area contributed by atoms with Gasteiger partial charge in [-0.05, 0) is 7.05 Å². The van der Waals surface area contributed by atoms with Gasteiger partial charge in [0.05, 0.1) is 33.2 Å². The Hall–Kier alpha value is -0.610. The van der Waals surface area contributed by atoms with E-state index < -0.39 is 0 Å². The van der Waals surface area contributed by atoms with Gasteiger partial charge < -0.3 is 14.7 Å². The van der Waals surface area contributed by atoms with Gasteiger partial charge in [-0.25, -0.2) is 0 Å². The van der Waals surface area contributed by atoms with Gasteiger partial charge in [-0.15, -0.1) is 0 Å². The molecule has 2 rings (SSSR count). The fourth-order valence-corrected chi connectivity index (χ4v) is 2.64. The standard InChI is InChI=1S/C12H23N3O/c1-14-8-11(9-14)13-12(16)10-4-6-15(2,3)7-5-10/h10-11H,4-9H2,1-3H3/p+1. The lowest BCUT2D eigenvalue weighted by Crippen LogP contribution is -2.59. The number of hydrogen-bond acceptors (Lipinski definition) is 2. The zero-order valence-electron chi connectivity index (χ0n) is 10.7. The van der Waals surface area contributed by atoms with E-state index in [4.69, 9.17) is 0 Å². The van der Waals surface area contributed by atoms with Gasteiger partial charge in [0.2, 0.25) is 5.91 Å². The smallest absolute Gasteiger partial charge is 0.223 e. The van der Waals surface area contributed by atoms with Gasteiger partial charge in [0.25, 0.3) is 0 Å². The van der Waals surface area contributed by atoms with Gasteiger partial charge in [0.1, 0.15) is 0 Å². The number of likely N-dealkylation sites (tertiary alicyclic amines) is 2. The molecular formula is C12H24N3O+.